The molecule has 2 aromatic rings. The quantitative estimate of drug-likeness (QED) is 0.388. The molecule has 0 spiro atoms. The van der Waals surface area contributed by atoms with Crippen LogP contribution in [0.15, 0.2) is 47.4 Å². The summed E-state index contributed by atoms with van der Waals surface area (Å²) in [6.45, 7) is 1.77. The number of sulfone groups is 1. The van der Waals surface area contributed by atoms with E-state index in [-0.39, 0.29) is 48.4 Å². The van der Waals surface area contributed by atoms with Gasteiger partial charge in [-0.2, -0.15) is 26.3 Å². The summed E-state index contributed by atoms with van der Waals surface area (Å²) in [5, 5.41) is 2.57. The van der Waals surface area contributed by atoms with Crippen LogP contribution < -0.4 is 5.32 Å². The number of nitrogens with one attached hydrogen (secondary N) is 1. The number of urea groups is 1. The number of halogens is 8. The molecule has 2 amide bonds. The fourth-order valence-electron chi connectivity index (χ4n) is 5.55. The molecular weight excluding hydrogens is 548 g/mol. The number of benzene rings is 2. The first-order chi connectivity index (χ1) is 17.5. The van der Waals surface area contributed by atoms with Crippen molar-refractivity contribution >= 4 is 15.9 Å². The van der Waals surface area contributed by atoms with Crippen molar-refractivity contribution in [1.82, 2.24) is 10.2 Å². The largest absolute Gasteiger partial charge is 0.435 e. The van der Waals surface area contributed by atoms with E-state index < -0.39 is 56.1 Å². The molecule has 5 nitrogen and oxygen atoms in total. The molecule has 0 aromatic heterocycles. The van der Waals surface area contributed by atoms with Gasteiger partial charge in [-0.05, 0) is 61.6 Å². The fourth-order valence-corrected chi connectivity index (χ4v) is 7.92. The number of hydrogen-bond acceptors (Lipinski definition) is 3. The Hall–Kier alpha value is -2.90. The van der Waals surface area contributed by atoms with Crippen LogP contribution >= 0.6 is 0 Å². The van der Waals surface area contributed by atoms with Crippen molar-refractivity contribution in [2.45, 2.75) is 59.9 Å². The first-order valence-electron chi connectivity index (χ1n) is 11.5. The molecule has 1 heterocycles. The molecule has 1 aliphatic carbocycles. The predicted molar refractivity (Wildman–Crippen MR) is 119 cm³/mol. The highest BCUT2D eigenvalue weighted by Gasteiger charge is 2.73. The SMILES string of the molecule is CCNC(=O)N1CCC2(S(=O)(=O)c3ccc(F)cc3)c3ccc(C(F)(C(F)(F)F)C(F)(F)F)cc3CCC12. The Labute approximate surface area is 212 Å². The van der Waals surface area contributed by atoms with Gasteiger partial charge in [-0.1, -0.05) is 18.2 Å². The molecular formula is C24H22F8N2O3S. The topological polar surface area (TPSA) is 66.5 Å². The second-order valence-electron chi connectivity index (χ2n) is 9.21. The standard InChI is InChI=1S/C24H22F8N2O3S/c1-2-33-20(35)34-12-11-21(38(36,37)17-7-5-16(25)6-8-17)18-9-4-15(13-14(18)3-10-19(21)34)22(26,23(27,28)29)24(30,31)32/h4-9,13,19H,2-3,10-12H2,1H3,(H,33,35). The van der Waals surface area contributed by atoms with Crippen molar-refractivity contribution in [2.75, 3.05) is 13.1 Å². The number of amides is 2. The van der Waals surface area contributed by atoms with E-state index in [1.165, 1.54) is 4.90 Å². The van der Waals surface area contributed by atoms with E-state index in [0.29, 0.717) is 12.1 Å². The van der Waals surface area contributed by atoms with Crippen LogP contribution in [0.1, 0.15) is 36.5 Å². The van der Waals surface area contributed by atoms with Crippen LogP contribution in [0, 0.1) is 5.82 Å². The molecule has 0 bridgehead atoms. The summed E-state index contributed by atoms with van der Waals surface area (Å²) < 4.78 is 135. The Morgan fingerprint density at radius 2 is 1.63 bits per heavy atom. The third-order valence-electron chi connectivity index (χ3n) is 7.26. The summed E-state index contributed by atoms with van der Waals surface area (Å²) >= 11 is 0. The van der Waals surface area contributed by atoms with Crippen molar-refractivity contribution in [2.24, 2.45) is 0 Å². The van der Waals surface area contributed by atoms with Gasteiger partial charge in [0.15, 0.2) is 9.84 Å². The summed E-state index contributed by atoms with van der Waals surface area (Å²) in [7, 11) is -4.50. The van der Waals surface area contributed by atoms with E-state index >= 15 is 0 Å². The highest BCUT2D eigenvalue weighted by Crippen LogP contribution is 2.56. The summed E-state index contributed by atoms with van der Waals surface area (Å²) in [6.07, 6.45) is -13.3. The van der Waals surface area contributed by atoms with E-state index in [4.69, 9.17) is 0 Å². The van der Waals surface area contributed by atoms with Gasteiger partial charge in [0.05, 0.1) is 10.9 Å². The normalized spacial score (nSPS) is 22.1. The summed E-state index contributed by atoms with van der Waals surface area (Å²) in [5.74, 6) is -0.736. The van der Waals surface area contributed by atoms with E-state index in [1.807, 2.05) is 0 Å². The maximum absolute atomic E-state index is 14.8. The van der Waals surface area contributed by atoms with Crippen LogP contribution in [0.25, 0.3) is 0 Å². The fraction of sp³-hybridized carbons (Fsp3) is 0.458. The monoisotopic (exact) mass is 570 g/mol. The zero-order valence-corrected chi connectivity index (χ0v) is 20.6. The summed E-state index contributed by atoms with van der Waals surface area (Å²) in [5.41, 5.74) is -7.74. The lowest BCUT2D eigenvalue weighted by molar-refractivity contribution is -0.348. The van der Waals surface area contributed by atoms with Crippen molar-refractivity contribution in [3.63, 3.8) is 0 Å². The van der Waals surface area contributed by atoms with Gasteiger partial charge in [0.25, 0.3) is 0 Å². The Morgan fingerprint density at radius 3 is 2.18 bits per heavy atom. The van der Waals surface area contributed by atoms with Gasteiger partial charge in [-0.3, -0.25) is 0 Å². The van der Waals surface area contributed by atoms with E-state index in [1.54, 1.807) is 6.92 Å². The van der Waals surface area contributed by atoms with Crippen molar-refractivity contribution in [1.29, 1.82) is 0 Å². The van der Waals surface area contributed by atoms with Crippen LogP contribution in [-0.4, -0.2) is 50.8 Å². The second kappa shape index (κ2) is 9.09. The molecule has 1 aliphatic heterocycles. The minimum Gasteiger partial charge on any atom is -0.338 e. The number of fused-ring (bicyclic) bond motifs is 3. The van der Waals surface area contributed by atoms with Crippen LogP contribution in [0.5, 0.6) is 0 Å². The smallest absolute Gasteiger partial charge is 0.338 e. The van der Waals surface area contributed by atoms with Crippen LogP contribution in [0.3, 0.4) is 0 Å². The second-order valence-corrected chi connectivity index (χ2v) is 11.4. The first-order valence-corrected chi connectivity index (χ1v) is 13.0. The minimum atomic E-state index is -6.34. The van der Waals surface area contributed by atoms with Crippen molar-refractivity contribution in [3.05, 3.63) is 65.0 Å². The number of likely N-dealkylation sites (tertiary alicyclic amines) is 1. The molecule has 1 fully saturated rings. The lowest BCUT2D eigenvalue weighted by Gasteiger charge is -2.43. The highest BCUT2D eigenvalue weighted by atomic mass is 32.2. The lowest BCUT2D eigenvalue weighted by atomic mass is 9.77. The molecule has 4 rings (SSSR count). The molecule has 2 unspecified atom stereocenters. The zero-order chi connectivity index (χ0) is 28.3. The molecule has 0 saturated carbocycles. The van der Waals surface area contributed by atoms with Gasteiger partial charge < -0.3 is 10.2 Å². The number of alkyl halides is 7. The van der Waals surface area contributed by atoms with Crippen molar-refractivity contribution in [3.8, 4) is 0 Å². The van der Waals surface area contributed by atoms with Gasteiger partial charge in [0.2, 0.25) is 0 Å². The maximum Gasteiger partial charge on any atom is 0.435 e. The van der Waals surface area contributed by atoms with E-state index in [9.17, 15) is 48.3 Å². The summed E-state index contributed by atoms with van der Waals surface area (Å²) in [4.78, 5) is 13.7. The number of rotatable bonds is 4. The van der Waals surface area contributed by atoms with Gasteiger partial charge >= 0.3 is 24.1 Å². The molecule has 14 heteroatoms. The predicted octanol–water partition coefficient (Wildman–Crippen LogP) is 5.53. The number of carbonyl (C=O) groups excluding carboxylic acids is 1. The van der Waals surface area contributed by atoms with Crippen LogP contribution in [0.2, 0.25) is 0 Å². The third-order valence-corrected chi connectivity index (χ3v) is 9.81. The van der Waals surface area contributed by atoms with E-state index in [2.05, 4.69) is 5.32 Å². The molecule has 2 atom stereocenters. The van der Waals surface area contributed by atoms with Crippen LogP contribution in [-0.2, 0) is 26.7 Å². The Balaban J connectivity index is 1.95. The molecule has 1 N–H and O–H groups in total. The molecule has 38 heavy (non-hydrogen) atoms. The van der Waals surface area contributed by atoms with Gasteiger partial charge in [-0.15, -0.1) is 0 Å². The summed E-state index contributed by atoms with van der Waals surface area (Å²) in [6, 6.07) is 3.61. The highest BCUT2D eigenvalue weighted by molar-refractivity contribution is 7.92. The number of carbonyl (C=O) groups is 1. The van der Waals surface area contributed by atoms with Crippen molar-refractivity contribution < 1.29 is 48.3 Å². The molecule has 2 aromatic carbocycles. The Bertz CT molecular complexity index is 1330. The average Bonchev–Trinajstić information content (AvgIpc) is 3.24. The first kappa shape index (κ1) is 28.1. The van der Waals surface area contributed by atoms with Crippen LogP contribution in [0.4, 0.5) is 39.9 Å². The van der Waals surface area contributed by atoms with Gasteiger partial charge in [0.1, 0.15) is 10.6 Å². The number of aryl methyl sites for hydroxylation is 1. The Kier molecular flexibility index (Phi) is 6.73. The Morgan fingerprint density at radius 1 is 1.03 bits per heavy atom. The maximum atomic E-state index is 14.8. The molecule has 208 valence electrons. The number of hydrogen-bond donors (Lipinski definition) is 1. The zero-order valence-electron chi connectivity index (χ0n) is 19.8. The van der Waals surface area contributed by atoms with E-state index in [0.717, 1.165) is 30.3 Å². The molecule has 0 radical (unpaired) electrons. The molecule has 2 aliphatic rings. The molecule has 1 saturated heterocycles. The number of nitrogens with zero attached hydrogens (tertiary/aromatic N) is 1. The van der Waals surface area contributed by atoms with Gasteiger partial charge in [0, 0.05) is 18.7 Å². The minimum absolute atomic E-state index is 0.0870. The third kappa shape index (κ3) is 3.93. The van der Waals surface area contributed by atoms with Gasteiger partial charge in [-0.25, -0.2) is 22.0 Å². The average molecular weight is 571 g/mol. The lowest BCUT2D eigenvalue weighted by Crippen LogP contribution is -2.54.